The predicted octanol–water partition coefficient (Wildman–Crippen LogP) is 3.83. The number of hydrogen-bond donors (Lipinski definition) is 2. The number of aromatic nitrogens is 1. The van der Waals surface area contributed by atoms with Crippen molar-refractivity contribution < 1.29 is 9.59 Å². The quantitative estimate of drug-likeness (QED) is 0.509. The van der Waals surface area contributed by atoms with Crippen molar-refractivity contribution in [3.8, 4) is 0 Å². The summed E-state index contributed by atoms with van der Waals surface area (Å²) in [7, 11) is 0. The number of carbonyl (C=O) groups excluding carboxylic acids is 2. The number of carbonyl (C=O) groups is 2. The number of hydrazone groups is 1. The third-order valence-corrected chi connectivity index (χ3v) is 3.78. The Morgan fingerprint density at radius 1 is 0.964 bits per heavy atom. The molecule has 0 saturated heterocycles. The molecule has 6 nitrogen and oxygen atoms in total. The average Bonchev–Trinajstić information content (AvgIpc) is 2.69. The third-order valence-electron chi connectivity index (χ3n) is 3.78. The first-order chi connectivity index (χ1) is 13.1. The Balaban J connectivity index is 0.00000280. The molecule has 7 heteroatoms. The van der Waals surface area contributed by atoms with Crippen LogP contribution in [0.5, 0.6) is 0 Å². The zero-order chi connectivity index (χ0) is 19.1. The number of hydrogen-bond acceptors (Lipinski definition) is 4. The second-order valence-corrected chi connectivity index (χ2v) is 5.85. The van der Waals surface area contributed by atoms with Gasteiger partial charge >= 0.3 is 0 Å². The Morgan fingerprint density at radius 2 is 1.71 bits per heavy atom. The molecule has 0 fully saturated rings. The number of rotatable bonds is 5. The predicted molar refractivity (Wildman–Crippen MR) is 112 cm³/mol. The van der Waals surface area contributed by atoms with Crippen LogP contribution in [-0.4, -0.2) is 23.0 Å². The standard InChI is InChI=1S/C21H18N4O2.ClH/c1-15-5-4-6-16(13-15)14-23-25-21(27)18-7-2-3-8-19(18)24-20(26)17-9-11-22-12-10-17;/h2-14H,1H3,(H,24,26)(H,25,27);1H/b23-14+;. The van der Waals surface area contributed by atoms with E-state index in [-0.39, 0.29) is 18.3 Å². The molecule has 1 aromatic heterocycles. The summed E-state index contributed by atoms with van der Waals surface area (Å²) in [6.45, 7) is 1.98. The second-order valence-electron chi connectivity index (χ2n) is 5.85. The van der Waals surface area contributed by atoms with Crippen molar-refractivity contribution in [1.29, 1.82) is 0 Å². The van der Waals surface area contributed by atoms with Gasteiger partial charge in [0.15, 0.2) is 0 Å². The fraction of sp³-hybridized carbons (Fsp3) is 0.0476. The van der Waals surface area contributed by atoms with Gasteiger partial charge in [-0.25, -0.2) is 5.43 Å². The maximum absolute atomic E-state index is 12.5. The van der Waals surface area contributed by atoms with E-state index in [2.05, 4.69) is 20.8 Å². The highest BCUT2D eigenvalue weighted by atomic mass is 35.5. The number of pyridine rings is 1. The Morgan fingerprint density at radius 3 is 2.46 bits per heavy atom. The molecule has 0 saturated carbocycles. The summed E-state index contributed by atoms with van der Waals surface area (Å²) < 4.78 is 0. The van der Waals surface area contributed by atoms with Gasteiger partial charge in [0, 0.05) is 18.0 Å². The molecular formula is C21H19ClN4O2. The van der Waals surface area contributed by atoms with Crippen molar-refractivity contribution in [3.05, 3.63) is 95.3 Å². The van der Waals surface area contributed by atoms with Gasteiger partial charge in [0.25, 0.3) is 11.8 Å². The number of anilines is 1. The van der Waals surface area contributed by atoms with Crippen LogP contribution < -0.4 is 10.7 Å². The molecule has 2 N–H and O–H groups in total. The zero-order valence-corrected chi connectivity index (χ0v) is 15.9. The maximum Gasteiger partial charge on any atom is 0.273 e. The van der Waals surface area contributed by atoms with Gasteiger partial charge in [0.05, 0.1) is 17.5 Å². The van der Waals surface area contributed by atoms with E-state index in [9.17, 15) is 9.59 Å². The van der Waals surface area contributed by atoms with Crippen LogP contribution in [0.15, 0.2) is 78.2 Å². The van der Waals surface area contributed by atoms with E-state index < -0.39 is 5.91 Å². The number of nitrogens with one attached hydrogen (secondary N) is 2. The summed E-state index contributed by atoms with van der Waals surface area (Å²) in [4.78, 5) is 28.7. The Labute approximate surface area is 169 Å². The van der Waals surface area contributed by atoms with Crippen molar-refractivity contribution in [1.82, 2.24) is 10.4 Å². The molecule has 3 rings (SSSR count). The molecule has 1 heterocycles. The number of nitrogens with zero attached hydrogens (tertiary/aromatic N) is 2. The summed E-state index contributed by atoms with van der Waals surface area (Å²) in [5.41, 5.74) is 5.66. The molecule has 28 heavy (non-hydrogen) atoms. The Kier molecular flexibility index (Phi) is 7.42. The number of para-hydroxylation sites is 1. The van der Waals surface area contributed by atoms with Crippen LogP contribution in [-0.2, 0) is 0 Å². The van der Waals surface area contributed by atoms with Gasteiger partial charge in [-0.2, -0.15) is 5.10 Å². The Hall–Kier alpha value is -3.51. The van der Waals surface area contributed by atoms with Crippen molar-refractivity contribution >= 4 is 36.1 Å². The van der Waals surface area contributed by atoms with Crippen LogP contribution in [0.2, 0.25) is 0 Å². The van der Waals surface area contributed by atoms with E-state index >= 15 is 0 Å². The number of benzene rings is 2. The lowest BCUT2D eigenvalue weighted by Gasteiger charge is -2.10. The summed E-state index contributed by atoms with van der Waals surface area (Å²) in [5.74, 6) is -0.731. The molecule has 2 aromatic carbocycles. The highest BCUT2D eigenvalue weighted by Gasteiger charge is 2.13. The molecule has 0 spiro atoms. The number of aryl methyl sites for hydroxylation is 1. The van der Waals surface area contributed by atoms with Crippen molar-refractivity contribution in [2.24, 2.45) is 5.10 Å². The van der Waals surface area contributed by atoms with E-state index in [4.69, 9.17) is 0 Å². The van der Waals surface area contributed by atoms with Gasteiger partial charge in [-0.05, 0) is 36.8 Å². The molecule has 0 unspecified atom stereocenters. The summed E-state index contributed by atoms with van der Waals surface area (Å²) >= 11 is 0. The first-order valence-electron chi connectivity index (χ1n) is 8.34. The van der Waals surface area contributed by atoms with E-state index in [1.807, 2.05) is 31.2 Å². The van der Waals surface area contributed by atoms with Gasteiger partial charge in [-0.1, -0.05) is 42.0 Å². The third kappa shape index (κ3) is 5.49. The normalized spacial score (nSPS) is 10.2. The molecule has 0 aliphatic heterocycles. The number of amides is 2. The van der Waals surface area contributed by atoms with Gasteiger partial charge < -0.3 is 5.32 Å². The minimum Gasteiger partial charge on any atom is -0.321 e. The molecular weight excluding hydrogens is 376 g/mol. The van der Waals surface area contributed by atoms with E-state index in [1.165, 1.54) is 12.4 Å². The molecule has 0 radical (unpaired) electrons. The van der Waals surface area contributed by atoms with Gasteiger partial charge in [-0.15, -0.1) is 12.4 Å². The zero-order valence-electron chi connectivity index (χ0n) is 15.1. The molecule has 0 bridgehead atoms. The fourth-order valence-electron chi connectivity index (χ4n) is 2.46. The minimum absolute atomic E-state index is 0. The van der Waals surface area contributed by atoms with Crippen LogP contribution in [0.1, 0.15) is 31.8 Å². The van der Waals surface area contributed by atoms with Gasteiger partial charge in [-0.3, -0.25) is 14.6 Å². The first kappa shape index (κ1) is 20.8. The van der Waals surface area contributed by atoms with Crippen LogP contribution >= 0.6 is 12.4 Å². The molecule has 0 aliphatic rings. The van der Waals surface area contributed by atoms with Crippen molar-refractivity contribution in [3.63, 3.8) is 0 Å². The topological polar surface area (TPSA) is 83.5 Å². The molecule has 142 valence electrons. The maximum atomic E-state index is 12.5. The van der Waals surface area contributed by atoms with E-state index in [0.29, 0.717) is 16.8 Å². The molecule has 3 aromatic rings. The lowest BCUT2D eigenvalue weighted by atomic mass is 10.1. The van der Waals surface area contributed by atoms with Gasteiger partial charge in [0.1, 0.15) is 0 Å². The summed E-state index contributed by atoms with van der Waals surface area (Å²) in [5, 5.41) is 6.74. The highest BCUT2D eigenvalue weighted by molar-refractivity contribution is 6.09. The second kappa shape index (κ2) is 9.99. The van der Waals surface area contributed by atoms with Crippen LogP contribution in [0.25, 0.3) is 0 Å². The SMILES string of the molecule is Cc1cccc(/C=N/NC(=O)c2ccccc2NC(=O)c2ccncc2)c1.Cl. The lowest BCUT2D eigenvalue weighted by molar-refractivity contribution is 0.0956. The number of halogens is 1. The average molecular weight is 395 g/mol. The molecule has 2 amide bonds. The molecule has 0 aliphatic carbocycles. The highest BCUT2D eigenvalue weighted by Crippen LogP contribution is 2.16. The smallest absolute Gasteiger partial charge is 0.273 e. The first-order valence-corrected chi connectivity index (χ1v) is 8.34. The lowest BCUT2D eigenvalue weighted by Crippen LogP contribution is -2.21. The van der Waals surface area contributed by atoms with Gasteiger partial charge in [0.2, 0.25) is 0 Å². The van der Waals surface area contributed by atoms with Crippen molar-refractivity contribution in [2.75, 3.05) is 5.32 Å². The van der Waals surface area contributed by atoms with Crippen molar-refractivity contribution in [2.45, 2.75) is 6.92 Å². The fourth-order valence-corrected chi connectivity index (χ4v) is 2.46. The summed E-state index contributed by atoms with van der Waals surface area (Å²) in [6, 6.07) is 17.7. The van der Waals surface area contributed by atoms with E-state index in [1.54, 1.807) is 42.6 Å². The van der Waals surface area contributed by atoms with Crippen LogP contribution in [0.3, 0.4) is 0 Å². The molecule has 0 atom stereocenters. The monoisotopic (exact) mass is 394 g/mol. The van der Waals surface area contributed by atoms with Crippen LogP contribution in [0, 0.1) is 6.92 Å². The van der Waals surface area contributed by atoms with E-state index in [0.717, 1.165) is 11.1 Å². The largest absolute Gasteiger partial charge is 0.321 e. The van der Waals surface area contributed by atoms with Crippen LogP contribution in [0.4, 0.5) is 5.69 Å². The minimum atomic E-state index is -0.412. The Bertz CT molecular complexity index is 990. The summed E-state index contributed by atoms with van der Waals surface area (Å²) in [6.07, 6.45) is 4.64.